The van der Waals surface area contributed by atoms with Gasteiger partial charge in [-0.1, -0.05) is 23.4 Å². The lowest BCUT2D eigenvalue weighted by atomic mass is 10.3. The molecule has 1 fully saturated rings. The van der Waals surface area contributed by atoms with E-state index in [-0.39, 0.29) is 6.04 Å². The Bertz CT molecular complexity index is 640. The average Bonchev–Trinajstić information content (AvgIpc) is 3.10. The van der Waals surface area contributed by atoms with Crippen molar-refractivity contribution >= 4 is 10.0 Å². The molecule has 1 aromatic carbocycles. The maximum Gasteiger partial charge on any atom is 0.243 e. The van der Waals surface area contributed by atoms with Gasteiger partial charge in [0.05, 0.1) is 17.1 Å². The molecule has 0 saturated carbocycles. The number of benzene rings is 1. The minimum Gasteiger partial charge on any atom is -0.248 e. The largest absolute Gasteiger partial charge is 0.248 e. The van der Waals surface area contributed by atoms with E-state index in [2.05, 4.69) is 10.3 Å². The van der Waals surface area contributed by atoms with Gasteiger partial charge in [0.25, 0.3) is 0 Å². The Morgan fingerprint density at radius 3 is 2.68 bits per heavy atom. The maximum atomic E-state index is 12.4. The van der Waals surface area contributed by atoms with Gasteiger partial charge in [0.1, 0.15) is 0 Å². The summed E-state index contributed by atoms with van der Waals surface area (Å²) in [6, 6.07) is 8.59. The molecule has 7 heteroatoms. The minimum atomic E-state index is -3.39. The summed E-state index contributed by atoms with van der Waals surface area (Å²) in [5.74, 6) is 0. The van der Waals surface area contributed by atoms with E-state index < -0.39 is 10.0 Å². The van der Waals surface area contributed by atoms with Gasteiger partial charge in [-0.25, -0.2) is 13.1 Å². The highest BCUT2D eigenvalue weighted by molar-refractivity contribution is 7.89. The first-order valence-corrected chi connectivity index (χ1v) is 7.53. The fraction of sp³-hybridized carbons (Fsp3) is 0.333. The first kappa shape index (κ1) is 12.3. The van der Waals surface area contributed by atoms with Crippen molar-refractivity contribution in [2.75, 3.05) is 13.1 Å². The highest BCUT2D eigenvalue weighted by Crippen LogP contribution is 2.26. The topological polar surface area (TPSA) is 68.1 Å². The van der Waals surface area contributed by atoms with Crippen LogP contribution in [0.3, 0.4) is 0 Å². The molecular weight excluding hydrogens is 264 g/mol. The number of hydrogen-bond acceptors (Lipinski definition) is 4. The first-order valence-electron chi connectivity index (χ1n) is 6.09. The Morgan fingerprint density at radius 2 is 2.00 bits per heavy atom. The van der Waals surface area contributed by atoms with Crippen LogP contribution in [-0.4, -0.2) is 40.8 Å². The Hall–Kier alpha value is -1.73. The fourth-order valence-corrected chi connectivity index (χ4v) is 3.81. The third kappa shape index (κ3) is 2.26. The van der Waals surface area contributed by atoms with Crippen molar-refractivity contribution in [2.24, 2.45) is 0 Å². The second-order valence-electron chi connectivity index (χ2n) is 4.50. The van der Waals surface area contributed by atoms with Crippen LogP contribution in [0.15, 0.2) is 47.6 Å². The standard InChI is InChI=1S/C12H14N4O2S/c17-19(18,12-4-2-1-3-5-12)15-8-6-11(10-15)16-9-7-13-14-16/h1-5,7,9,11H,6,8,10H2. The van der Waals surface area contributed by atoms with Gasteiger partial charge in [-0.15, -0.1) is 5.10 Å². The molecule has 6 nitrogen and oxygen atoms in total. The van der Waals surface area contributed by atoms with E-state index in [1.165, 1.54) is 4.31 Å². The lowest BCUT2D eigenvalue weighted by molar-refractivity contribution is 0.428. The number of rotatable bonds is 3. The molecule has 1 aromatic heterocycles. The van der Waals surface area contributed by atoms with Gasteiger partial charge in [-0.2, -0.15) is 4.31 Å². The first-order chi connectivity index (χ1) is 9.18. The van der Waals surface area contributed by atoms with Crippen LogP contribution in [0.5, 0.6) is 0 Å². The molecule has 19 heavy (non-hydrogen) atoms. The van der Waals surface area contributed by atoms with Crippen molar-refractivity contribution in [2.45, 2.75) is 17.4 Å². The summed E-state index contributed by atoms with van der Waals surface area (Å²) in [4.78, 5) is 0.342. The zero-order valence-corrected chi connectivity index (χ0v) is 11.1. The van der Waals surface area contributed by atoms with E-state index in [4.69, 9.17) is 0 Å². The molecule has 1 atom stereocenters. The van der Waals surface area contributed by atoms with Crippen LogP contribution < -0.4 is 0 Å². The van der Waals surface area contributed by atoms with E-state index in [9.17, 15) is 8.42 Å². The molecule has 1 aliphatic rings. The van der Waals surface area contributed by atoms with Crippen LogP contribution in [-0.2, 0) is 10.0 Å². The summed E-state index contributed by atoms with van der Waals surface area (Å²) in [7, 11) is -3.39. The molecule has 0 radical (unpaired) electrons. The Balaban J connectivity index is 1.81. The number of sulfonamides is 1. The zero-order chi connectivity index (χ0) is 13.3. The summed E-state index contributed by atoms with van der Waals surface area (Å²) >= 11 is 0. The molecule has 0 spiro atoms. The van der Waals surface area contributed by atoms with Crippen molar-refractivity contribution in [3.05, 3.63) is 42.7 Å². The van der Waals surface area contributed by atoms with Crippen molar-refractivity contribution in [3.63, 3.8) is 0 Å². The van der Waals surface area contributed by atoms with E-state index in [1.807, 2.05) is 0 Å². The van der Waals surface area contributed by atoms with Gasteiger partial charge in [0.15, 0.2) is 0 Å². The van der Waals surface area contributed by atoms with Crippen LogP contribution in [0.4, 0.5) is 0 Å². The molecule has 0 amide bonds. The van der Waals surface area contributed by atoms with Crippen molar-refractivity contribution in [3.8, 4) is 0 Å². The molecule has 1 unspecified atom stereocenters. The minimum absolute atomic E-state index is 0.0704. The predicted octanol–water partition coefficient (Wildman–Crippen LogP) is 0.914. The van der Waals surface area contributed by atoms with Crippen molar-refractivity contribution in [1.29, 1.82) is 0 Å². The van der Waals surface area contributed by atoms with Crippen molar-refractivity contribution in [1.82, 2.24) is 19.3 Å². The molecule has 0 N–H and O–H groups in total. The van der Waals surface area contributed by atoms with Crippen LogP contribution in [0, 0.1) is 0 Å². The Kier molecular flexibility index (Phi) is 3.08. The second-order valence-corrected chi connectivity index (χ2v) is 6.44. The number of aromatic nitrogens is 3. The van der Waals surface area contributed by atoms with Crippen LogP contribution in [0.25, 0.3) is 0 Å². The lowest BCUT2D eigenvalue weighted by Gasteiger charge is -2.16. The van der Waals surface area contributed by atoms with Crippen molar-refractivity contribution < 1.29 is 8.42 Å². The molecule has 2 heterocycles. The van der Waals surface area contributed by atoms with Crippen LogP contribution in [0.2, 0.25) is 0 Å². The third-order valence-corrected chi connectivity index (χ3v) is 5.20. The van der Waals surface area contributed by atoms with E-state index >= 15 is 0 Å². The smallest absolute Gasteiger partial charge is 0.243 e. The third-order valence-electron chi connectivity index (χ3n) is 3.32. The molecule has 3 rings (SSSR count). The molecule has 2 aromatic rings. The van der Waals surface area contributed by atoms with Crippen LogP contribution in [0.1, 0.15) is 12.5 Å². The molecular formula is C12H14N4O2S. The zero-order valence-electron chi connectivity index (χ0n) is 10.3. The maximum absolute atomic E-state index is 12.4. The lowest BCUT2D eigenvalue weighted by Crippen LogP contribution is -2.29. The molecule has 0 bridgehead atoms. The van der Waals surface area contributed by atoms with Gasteiger partial charge in [-0.05, 0) is 18.6 Å². The van der Waals surface area contributed by atoms with E-state index in [0.29, 0.717) is 18.0 Å². The van der Waals surface area contributed by atoms with Crippen LogP contribution >= 0.6 is 0 Å². The summed E-state index contributed by atoms with van der Waals surface area (Å²) in [6.45, 7) is 0.961. The summed E-state index contributed by atoms with van der Waals surface area (Å²) in [5, 5.41) is 7.69. The molecule has 0 aliphatic carbocycles. The van der Waals surface area contributed by atoms with Gasteiger partial charge < -0.3 is 0 Å². The van der Waals surface area contributed by atoms with E-state index in [1.54, 1.807) is 47.4 Å². The average molecular weight is 278 g/mol. The number of nitrogens with zero attached hydrogens (tertiary/aromatic N) is 4. The summed E-state index contributed by atoms with van der Waals surface area (Å²) in [6.07, 6.45) is 4.13. The Labute approximate surface area is 111 Å². The van der Waals surface area contributed by atoms with Gasteiger partial charge in [-0.3, -0.25) is 0 Å². The number of hydrogen-bond donors (Lipinski definition) is 0. The van der Waals surface area contributed by atoms with Gasteiger partial charge in [0.2, 0.25) is 10.0 Å². The molecule has 1 aliphatic heterocycles. The van der Waals surface area contributed by atoms with Gasteiger partial charge in [0, 0.05) is 19.3 Å². The SMILES string of the molecule is O=S(=O)(c1ccccc1)N1CCC(n2ccnn2)C1. The summed E-state index contributed by atoms with van der Waals surface area (Å²) < 4.78 is 28.1. The molecule has 1 saturated heterocycles. The monoisotopic (exact) mass is 278 g/mol. The highest BCUT2D eigenvalue weighted by atomic mass is 32.2. The van der Waals surface area contributed by atoms with Gasteiger partial charge >= 0.3 is 0 Å². The normalized spacial score (nSPS) is 20.7. The quantitative estimate of drug-likeness (QED) is 0.837. The fourth-order valence-electron chi connectivity index (χ4n) is 2.30. The Morgan fingerprint density at radius 1 is 1.21 bits per heavy atom. The second kappa shape index (κ2) is 4.75. The molecule has 100 valence electrons. The predicted molar refractivity (Wildman–Crippen MR) is 68.9 cm³/mol. The summed E-state index contributed by atoms with van der Waals surface area (Å²) in [5.41, 5.74) is 0. The van der Waals surface area contributed by atoms with E-state index in [0.717, 1.165) is 6.42 Å². The highest BCUT2D eigenvalue weighted by Gasteiger charge is 2.33.